The predicted molar refractivity (Wildman–Crippen MR) is 147 cm³/mol. The quantitative estimate of drug-likeness (QED) is 0.293. The van der Waals surface area contributed by atoms with Crippen molar-refractivity contribution in [3.05, 3.63) is 28.3 Å². The third-order valence-corrected chi connectivity index (χ3v) is 9.77. The van der Waals surface area contributed by atoms with Gasteiger partial charge in [0.1, 0.15) is 23.4 Å². The molecule has 8 rings (SSSR count). The molecule has 6 aliphatic rings. The highest BCUT2D eigenvalue weighted by Gasteiger charge is 2.93. The number of ether oxygens (including phenoxy) is 9. The van der Waals surface area contributed by atoms with Crippen LogP contribution < -0.4 is 14.2 Å². The first-order chi connectivity index (χ1) is 20.0. The molecule has 0 unspecified atom stereocenters. The van der Waals surface area contributed by atoms with Gasteiger partial charge in [0.25, 0.3) is 11.6 Å². The van der Waals surface area contributed by atoms with Crippen LogP contribution in [0.3, 0.4) is 0 Å². The van der Waals surface area contributed by atoms with Crippen molar-refractivity contribution in [2.45, 2.75) is 74.7 Å². The van der Waals surface area contributed by atoms with Gasteiger partial charge in [-0.1, -0.05) is 0 Å². The monoisotopic (exact) mass is 586 g/mol. The largest absolute Gasteiger partial charge is 0.496 e. The van der Waals surface area contributed by atoms with E-state index in [-0.39, 0.29) is 12.4 Å². The maximum Gasteiger partial charge on any atom is 0.277 e. The van der Waals surface area contributed by atoms with E-state index in [0.29, 0.717) is 60.2 Å². The molecule has 1 aliphatic carbocycles. The highest BCUT2D eigenvalue weighted by molar-refractivity contribution is 7.80. The molecule has 5 atom stereocenters. The van der Waals surface area contributed by atoms with Crippen molar-refractivity contribution in [2.24, 2.45) is 0 Å². The fourth-order valence-electron chi connectivity index (χ4n) is 7.68. The molecule has 11 heteroatoms. The number of thiol groups is 1. The number of carbonyl (C=O) groups is 1. The molecule has 2 bridgehead atoms. The van der Waals surface area contributed by atoms with Gasteiger partial charge in [0.15, 0.2) is 11.9 Å². The summed E-state index contributed by atoms with van der Waals surface area (Å²) in [5.41, 5.74) is 2.09. The lowest BCUT2D eigenvalue weighted by atomic mass is 9.78. The Kier molecular flexibility index (Phi) is 5.94. The lowest BCUT2D eigenvalue weighted by Crippen LogP contribution is -2.70. The number of methoxy groups -OCH3 is 2. The second-order valence-electron chi connectivity index (χ2n) is 11.5. The van der Waals surface area contributed by atoms with Crippen molar-refractivity contribution in [3.63, 3.8) is 0 Å². The first kappa shape index (κ1) is 26.5. The maximum absolute atomic E-state index is 13.5. The molecule has 0 N–H and O–H groups in total. The number of carbonyl (C=O) groups excluding carboxylic acids is 1. The normalized spacial score (nSPS) is 35.0. The number of hydrogen-bond acceptors (Lipinski definition) is 11. The molecule has 0 saturated carbocycles. The van der Waals surface area contributed by atoms with E-state index in [1.54, 1.807) is 14.2 Å². The van der Waals surface area contributed by atoms with Gasteiger partial charge in [-0.15, -0.1) is 0 Å². The van der Waals surface area contributed by atoms with Crippen LogP contribution in [-0.4, -0.2) is 81.8 Å². The molecule has 4 saturated heterocycles. The molecule has 0 radical (unpaired) electrons. The van der Waals surface area contributed by atoms with Crippen LogP contribution in [0.1, 0.15) is 58.8 Å². The van der Waals surface area contributed by atoms with E-state index in [4.69, 9.17) is 42.6 Å². The summed E-state index contributed by atoms with van der Waals surface area (Å²) in [6, 6.07) is 2.07. The molecule has 41 heavy (non-hydrogen) atoms. The average Bonchev–Trinajstić information content (AvgIpc) is 3.64. The van der Waals surface area contributed by atoms with Crippen molar-refractivity contribution < 1.29 is 47.4 Å². The van der Waals surface area contributed by atoms with Gasteiger partial charge in [-0.05, 0) is 50.0 Å². The Hall–Kier alpha value is -2.12. The number of hydrogen-bond donors (Lipinski definition) is 1. The smallest absolute Gasteiger partial charge is 0.277 e. The van der Waals surface area contributed by atoms with Gasteiger partial charge < -0.3 is 42.6 Å². The summed E-state index contributed by atoms with van der Waals surface area (Å²) in [5, 5.41) is 1.48. The second-order valence-corrected chi connectivity index (χ2v) is 12.0. The SMILES string of the molecule is COc1c2c(c(OCCCS)c3c4c(c(C)cc13)[C@@H]1O[C@@]3(C5OCCCO5)O[C@@H]1[C@@](OC)(O4)[C@@]31CO1)C(=O)CCC2. The second kappa shape index (κ2) is 9.19. The van der Waals surface area contributed by atoms with Crippen LogP contribution >= 0.6 is 12.6 Å². The highest BCUT2D eigenvalue weighted by Crippen LogP contribution is 2.72. The fourth-order valence-corrected chi connectivity index (χ4v) is 7.81. The molecule has 5 aliphatic heterocycles. The summed E-state index contributed by atoms with van der Waals surface area (Å²) in [6.07, 6.45) is 1.46. The van der Waals surface area contributed by atoms with Crippen molar-refractivity contribution >= 4 is 29.2 Å². The third kappa shape index (κ3) is 3.18. The number of Topliss-reactive ketones (excluding diaryl/α,β-unsaturated/α-hetero) is 1. The van der Waals surface area contributed by atoms with Crippen LogP contribution in [0, 0.1) is 6.92 Å². The van der Waals surface area contributed by atoms with Gasteiger partial charge in [0.2, 0.25) is 11.9 Å². The molecule has 10 nitrogen and oxygen atoms in total. The highest BCUT2D eigenvalue weighted by atomic mass is 32.1. The first-order valence-corrected chi connectivity index (χ1v) is 15.0. The standard InChI is InChI=1S/C30H34O10S/c1-15-13-17-21(23(34-11-6-12-41)20-16(22(17)32-2)7-4-8-18(20)31)24-19(15)25-26-29(33-3,38-24)28(14-37-28)30(39-25,40-26)27-35-9-5-10-36-27/h13,25-27,41H,4-12,14H2,1-3H3/t25-,26-,28-,29+,30-/m0/s1. The third-order valence-electron chi connectivity index (χ3n) is 9.46. The Bertz CT molecular complexity index is 1450. The molecule has 1 spiro atoms. The summed E-state index contributed by atoms with van der Waals surface area (Å²) in [7, 11) is 3.24. The van der Waals surface area contributed by atoms with Crippen LogP contribution in [0.5, 0.6) is 17.2 Å². The fraction of sp³-hybridized carbons (Fsp3) is 0.633. The zero-order chi connectivity index (χ0) is 28.1. The Morgan fingerprint density at radius 3 is 2.61 bits per heavy atom. The van der Waals surface area contributed by atoms with Crippen molar-refractivity contribution in [1.82, 2.24) is 0 Å². The van der Waals surface area contributed by atoms with Crippen LogP contribution in [-0.2, 0) is 34.8 Å². The molecule has 4 fully saturated rings. The number of ketones is 1. The minimum absolute atomic E-state index is 0.0356. The van der Waals surface area contributed by atoms with E-state index in [1.165, 1.54) is 0 Å². The molecule has 220 valence electrons. The Morgan fingerprint density at radius 2 is 1.90 bits per heavy atom. The summed E-state index contributed by atoms with van der Waals surface area (Å²) in [4.78, 5) is 13.5. The lowest BCUT2D eigenvalue weighted by molar-refractivity contribution is -0.365. The number of aryl methyl sites for hydroxylation is 1. The van der Waals surface area contributed by atoms with Gasteiger partial charge in [-0.3, -0.25) is 4.79 Å². The van der Waals surface area contributed by atoms with Gasteiger partial charge >= 0.3 is 0 Å². The van der Waals surface area contributed by atoms with Crippen molar-refractivity contribution in [2.75, 3.05) is 46.4 Å². The predicted octanol–water partition coefficient (Wildman–Crippen LogP) is 3.81. The van der Waals surface area contributed by atoms with Crippen molar-refractivity contribution in [3.8, 4) is 17.2 Å². The Labute approximate surface area is 243 Å². The Balaban J connectivity index is 1.39. The van der Waals surface area contributed by atoms with Crippen LogP contribution in [0.4, 0.5) is 0 Å². The van der Waals surface area contributed by atoms with Gasteiger partial charge in [-0.2, -0.15) is 12.6 Å². The summed E-state index contributed by atoms with van der Waals surface area (Å²) >= 11 is 4.37. The number of rotatable bonds is 7. The van der Waals surface area contributed by atoms with Gasteiger partial charge in [0, 0.05) is 30.0 Å². The topological polar surface area (TPSA) is 103 Å². The number of fused-ring (bicyclic) bond motifs is 8. The molecule has 2 aromatic rings. The molecule has 0 aromatic heterocycles. The average molecular weight is 587 g/mol. The maximum atomic E-state index is 13.5. The van der Waals surface area contributed by atoms with E-state index in [9.17, 15) is 4.79 Å². The molecular weight excluding hydrogens is 552 g/mol. The lowest BCUT2D eigenvalue weighted by Gasteiger charge is -2.49. The minimum atomic E-state index is -1.35. The molecule has 0 amide bonds. The van der Waals surface area contributed by atoms with E-state index in [2.05, 4.69) is 18.7 Å². The zero-order valence-corrected chi connectivity index (χ0v) is 24.3. The van der Waals surface area contributed by atoms with Crippen LogP contribution in [0.2, 0.25) is 0 Å². The van der Waals surface area contributed by atoms with E-state index in [1.807, 2.05) is 6.92 Å². The number of benzene rings is 2. The van der Waals surface area contributed by atoms with E-state index >= 15 is 0 Å². The van der Waals surface area contributed by atoms with Gasteiger partial charge in [-0.25, -0.2) is 0 Å². The van der Waals surface area contributed by atoms with Crippen LogP contribution in [0.15, 0.2) is 6.07 Å². The van der Waals surface area contributed by atoms with Crippen molar-refractivity contribution in [1.29, 1.82) is 0 Å². The molecule has 2 aromatic carbocycles. The van der Waals surface area contributed by atoms with E-state index < -0.39 is 35.7 Å². The summed E-state index contributed by atoms with van der Waals surface area (Å²) in [5.74, 6) is -0.293. The van der Waals surface area contributed by atoms with Crippen LogP contribution in [0.25, 0.3) is 10.8 Å². The van der Waals surface area contributed by atoms with E-state index in [0.717, 1.165) is 47.8 Å². The minimum Gasteiger partial charge on any atom is -0.496 e. The number of epoxide rings is 1. The summed E-state index contributed by atoms with van der Waals surface area (Å²) < 4.78 is 57.5. The molecule has 5 heterocycles. The van der Waals surface area contributed by atoms with Gasteiger partial charge in [0.05, 0.1) is 44.5 Å². The Morgan fingerprint density at radius 1 is 1.10 bits per heavy atom. The summed E-state index contributed by atoms with van der Waals surface area (Å²) in [6.45, 7) is 3.76. The molecular formula is C30H34O10S. The zero-order valence-electron chi connectivity index (χ0n) is 23.4. The first-order valence-electron chi connectivity index (χ1n) is 14.4.